The molecule has 9 nitrogen and oxygen atoms in total. The summed E-state index contributed by atoms with van der Waals surface area (Å²) in [7, 11) is 0. The van der Waals surface area contributed by atoms with Gasteiger partial charge >= 0.3 is 5.88 Å². The first kappa shape index (κ1) is 20.7. The highest BCUT2D eigenvalue weighted by Crippen LogP contribution is 2.24. The third-order valence-corrected chi connectivity index (χ3v) is 5.92. The zero-order valence-corrected chi connectivity index (χ0v) is 17.9. The van der Waals surface area contributed by atoms with Crippen molar-refractivity contribution in [3.63, 3.8) is 0 Å². The first-order chi connectivity index (χ1) is 16.1. The van der Waals surface area contributed by atoms with E-state index >= 15 is 0 Å². The molecule has 0 bridgehead atoms. The number of nitrogens with zero attached hydrogens (tertiary/aromatic N) is 4. The number of thioether (sulfide) groups is 1. The summed E-state index contributed by atoms with van der Waals surface area (Å²) in [5, 5.41) is 21.8. The van der Waals surface area contributed by atoms with E-state index in [4.69, 9.17) is 9.41 Å². The molecule has 1 unspecified atom stereocenters. The zero-order valence-electron chi connectivity index (χ0n) is 17.1. The number of hydrogen-bond acceptors (Lipinski definition) is 8. The topological polar surface area (TPSA) is 113 Å². The Hall–Kier alpha value is -4.18. The molecule has 33 heavy (non-hydrogen) atoms. The first-order valence-electron chi connectivity index (χ1n) is 10.0. The summed E-state index contributed by atoms with van der Waals surface area (Å²) in [6, 6.07) is 20.0. The van der Waals surface area contributed by atoms with Gasteiger partial charge in [0, 0.05) is 11.0 Å². The summed E-state index contributed by atoms with van der Waals surface area (Å²) < 4.78 is 5.20. The van der Waals surface area contributed by atoms with E-state index in [-0.39, 0.29) is 11.8 Å². The normalized spacial score (nSPS) is 17.2. The van der Waals surface area contributed by atoms with E-state index in [1.54, 1.807) is 17.2 Å². The van der Waals surface area contributed by atoms with Gasteiger partial charge in [0.05, 0.1) is 11.4 Å². The molecule has 0 saturated heterocycles. The van der Waals surface area contributed by atoms with Crippen molar-refractivity contribution < 1.29 is 14.1 Å². The van der Waals surface area contributed by atoms with Crippen LogP contribution in [0.25, 0.3) is 11.8 Å². The largest absolute Gasteiger partial charge is 0.433 e. The lowest BCUT2D eigenvalue weighted by Gasteiger charge is -2.32. The summed E-state index contributed by atoms with van der Waals surface area (Å²) in [4.78, 5) is 28.1. The molecule has 10 heteroatoms. The van der Waals surface area contributed by atoms with E-state index in [0.29, 0.717) is 33.0 Å². The van der Waals surface area contributed by atoms with Crippen LogP contribution in [0.4, 0.5) is 5.88 Å². The first-order valence-corrected chi connectivity index (χ1v) is 11.0. The molecule has 1 amide bonds. The summed E-state index contributed by atoms with van der Waals surface area (Å²) in [5.41, 5.74) is 1.50. The van der Waals surface area contributed by atoms with Gasteiger partial charge in [0.25, 0.3) is 5.91 Å². The molecular weight excluding hydrogens is 442 g/mol. The smallest absolute Gasteiger partial charge is 0.401 e. The molecule has 1 aromatic heterocycles. The van der Waals surface area contributed by atoms with Crippen molar-refractivity contribution in [3.05, 3.63) is 105 Å². The fourth-order valence-corrected chi connectivity index (χ4v) is 4.29. The van der Waals surface area contributed by atoms with Crippen LogP contribution >= 0.6 is 11.8 Å². The van der Waals surface area contributed by atoms with Gasteiger partial charge in [-0.05, 0) is 29.8 Å². The van der Waals surface area contributed by atoms with Gasteiger partial charge in [-0.1, -0.05) is 60.3 Å². The van der Waals surface area contributed by atoms with Crippen LogP contribution in [-0.4, -0.2) is 27.2 Å². The standard InChI is InChI=1S/C23H17N5O4S/c29-22-21-17-8-4-5-9-18(17)24-19(12-10-16-11-13-20(32-16)28(30)31)27(21)26-23(25-22)33-14-15-6-2-1-3-7-15/h1-13,19H,14H2,(H,25,26,29)/b12-10+. The van der Waals surface area contributed by atoms with Gasteiger partial charge < -0.3 is 4.42 Å². The van der Waals surface area contributed by atoms with Gasteiger partial charge in [-0.25, -0.2) is 5.01 Å². The number of fused-ring (bicyclic) bond motifs is 2. The highest BCUT2D eigenvalue weighted by Gasteiger charge is 2.32. The van der Waals surface area contributed by atoms with Crippen LogP contribution < -0.4 is 15.9 Å². The molecule has 0 aliphatic carbocycles. The maximum Gasteiger partial charge on any atom is 0.433 e. The molecule has 0 radical (unpaired) electrons. The number of nitro groups is 1. The zero-order chi connectivity index (χ0) is 22.8. The van der Waals surface area contributed by atoms with Crippen LogP contribution in [0.3, 0.4) is 0 Å². The van der Waals surface area contributed by atoms with Crippen molar-refractivity contribution in [2.45, 2.75) is 11.9 Å². The van der Waals surface area contributed by atoms with Crippen LogP contribution in [0, 0.1) is 10.1 Å². The monoisotopic (exact) mass is 459 g/mol. The van der Waals surface area contributed by atoms with E-state index in [1.807, 2.05) is 54.6 Å². The summed E-state index contributed by atoms with van der Waals surface area (Å²) in [6.07, 6.45) is 2.66. The predicted molar refractivity (Wildman–Crippen MR) is 124 cm³/mol. The third kappa shape index (κ3) is 4.28. The Bertz CT molecular complexity index is 1410. The Balaban J connectivity index is 1.49. The van der Waals surface area contributed by atoms with Crippen molar-refractivity contribution in [2.24, 2.45) is 10.1 Å². The molecular formula is C23H17N5O4S. The lowest BCUT2D eigenvalue weighted by atomic mass is 10.1. The Labute approximate surface area is 192 Å². The van der Waals surface area contributed by atoms with Crippen molar-refractivity contribution in [2.75, 3.05) is 0 Å². The number of hydrogen-bond donors (Lipinski definition) is 1. The minimum absolute atomic E-state index is 0.269. The highest BCUT2D eigenvalue weighted by molar-refractivity contribution is 8.13. The number of amides is 1. The predicted octanol–water partition coefficient (Wildman–Crippen LogP) is 2.60. The van der Waals surface area contributed by atoms with Gasteiger partial charge in [0.1, 0.15) is 16.4 Å². The molecule has 164 valence electrons. The fourth-order valence-electron chi connectivity index (χ4n) is 3.48. The summed E-state index contributed by atoms with van der Waals surface area (Å²) in [5.74, 6) is 0.340. The van der Waals surface area contributed by atoms with Gasteiger partial charge in [-0.3, -0.25) is 25.2 Å². The van der Waals surface area contributed by atoms with Crippen LogP contribution in [0.5, 0.6) is 0 Å². The molecule has 1 atom stereocenters. The van der Waals surface area contributed by atoms with Gasteiger partial charge in [-0.15, -0.1) is 5.10 Å². The second-order valence-corrected chi connectivity index (χ2v) is 8.14. The SMILES string of the molecule is O=C1NC(SCc2ccccc2)=NN2C1=c1ccccc1=NC2/C=C/c1ccc([N+](=O)[O-])o1. The van der Waals surface area contributed by atoms with Crippen LogP contribution in [0.1, 0.15) is 11.3 Å². The molecule has 2 aromatic carbocycles. The van der Waals surface area contributed by atoms with E-state index in [2.05, 4.69) is 10.4 Å². The van der Waals surface area contributed by atoms with Crippen LogP contribution in [0.15, 0.2) is 87.3 Å². The molecule has 0 spiro atoms. The Morgan fingerprint density at radius 3 is 2.70 bits per heavy atom. The summed E-state index contributed by atoms with van der Waals surface area (Å²) >= 11 is 1.42. The number of amidine groups is 1. The van der Waals surface area contributed by atoms with Gasteiger partial charge in [-0.2, -0.15) is 0 Å². The number of carbonyl (C=O) groups excluding carboxylic acids is 1. The van der Waals surface area contributed by atoms with Gasteiger partial charge in [0.15, 0.2) is 11.3 Å². The van der Waals surface area contributed by atoms with E-state index in [0.717, 1.165) is 5.56 Å². The minimum atomic E-state index is -0.627. The maximum absolute atomic E-state index is 13.1. The molecule has 3 heterocycles. The number of rotatable bonds is 5. The lowest BCUT2D eigenvalue weighted by molar-refractivity contribution is -0.402. The summed E-state index contributed by atoms with van der Waals surface area (Å²) in [6.45, 7) is 0. The van der Waals surface area contributed by atoms with E-state index in [1.165, 1.54) is 23.9 Å². The third-order valence-electron chi connectivity index (χ3n) is 4.99. The molecule has 2 aliphatic rings. The quantitative estimate of drug-likeness (QED) is 0.464. The maximum atomic E-state index is 13.1. The molecule has 1 N–H and O–H groups in total. The lowest BCUT2D eigenvalue weighted by Crippen LogP contribution is -2.52. The molecule has 3 aromatic rings. The Morgan fingerprint density at radius 1 is 1.12 bits per heavy atom. The minimum Gasteiger partial charge on any atom is -0.401 e. The highest BCUT2D eigenvalue weighted by atomic mass is 32.2. The molecule has 2 aliphatic heterocycles. The average Bonchev–Trinajstić information content (AvgIpc) is 3.31. The molecule has 5 rings (SSSR count). The van der Waals surface area contributed by atoms with Crippen LogP contribution in [-0.2, 0) is 10.5 Å². The number of hydrazone groups is 1. The van der Waals surface area contributed by atoms with E-state index < -0.39 is 11.1 Å². The second-order valence-electron chi connectivity index (χ2n) is 7.18. The van der Waals surface area contributed by atoms with Crippen molar-refractivity contribution in [3.8, 4) is 0 Å². The van der Waals surface area contributed by atoms with E-state index in [9.17, 15) is 14.9 Å². The average molecular weight is 459 g/mol. The Kier molecular flexibility index (Phi) is 5.49. The van der Waals surface area contributed by atoms with Crippen molar-refractivity contribution in [1.29, 1.82) is 0 Å². The Morgan fingerprint density at radius 2 is 1.91 bits per heavy atom. The number of furan rings is 1. The number of nitrogens with one attached hydrogen (secondary N) is 1. The molecule has 0 saturated carbocycles. The number of benzene rings is 2. The number of carbonyl (C=O) groups is 1. The van der Waals surface area contributed by atoms with Crippen molar-refractivity contribution in [1.82, 2.24) is 10.3 Å². The fraction of sp³-hybridized carbons (Fsp3) is 0.0870. The molecule has 0 fully saturated rings. The van der Waals surface area contributed by atoms with Crippen LogP contribution in [0.2, 0.25) is 0 Å². The van der Waals surface area contributed by atoms with Crippen molar-refractivity contribution >= 4 is 40.5 Å². The second kappa shape index (κ2) is 8.75. The number of para-hydroxylation sites is 1. The van der Waals surface area contributed by atoms with Gasteiger partial charge in [0.2, 0.25) is 0 Å².